The maximum atomic E-state index is 14.4. The minimum atomic E-state index is -3.78. The molecular weight excluding hydrogens is 453 g/mol. The van der Waals surface area contributed by atoms with Gasteiger partial charge >= 0.3 is 0 Å². The average Bonchev–Trinajstić information content (AvgIpc) is 2.62. The van der Waals surface area contributed by atoms with E-state index < -0.39 is 21.7 Å². The number of carbonyl (C=O) groups is 2. The molecule has 2 amide bonds. The van der Waals surface area contributed by atoms with Crippen LogP contribution in [0.25, 0.3) is 0 Å². The quantitative estimate of drug-likeness (QED) is 0.719. The van der Waals surface area contributed by atoms with Crippen molar-refractivity contribution in [2.24, 2.45) is 0 Å². The Morgan fingerprint density at radius 1 is 1.21 bits per heavy atom. The molecule has 0 bridgehead atoms. The predicted molar refractivity (Wildman–Crippen MR) is 106 cm³/mol. The number of rotatable bonds is 4. The molecule has 0 atom stereocenters. The highest BCUT2D eigenvalue weighted by Gasteiger charge is 2.23. The Hall–Kier alpha value is -2.30. The van der Waals surface area contributed by atoms with Crippen molar-refractivity contribution >= 4 is 49.1 Å². The number of fused-ring (bicyclic) bond motifs is 1. The molecule has 0 aromatic heterocycles. The molecule has 2 aromatic carbocycles. The number of aryl methyl sites for hydroxylation is 1. The van der Waals surface area contributed by atoms with Gasteiger partial charge in [-0.15, -0.1) is 0 Å². The molecule has 1 aliphatic heterocycles. The number of hydrogen-bond donors (Lipinski definition) is 2. The zero-order valence-corrected chi connectivity index (χ0v) is 17.4. The molecular formula is C18H17BrFN3O4S. The number of benzene rings is 2. The molecule has 1 heterocycles. The number of nitrogens with zero attached hydrogens (tertiary/aromatic N) is 1. The van der Waals surface area contributed by atoms with Crippen molar-refractivity contribution in [2.75, 3.05) is 24.7 Å². The van der Waals surface area contributed by atoms with E-state index in [1.54, 1.807) is 0 Å². The van der Waals surface area contributed by atoms with Gasteiger partial charge in [0.25, 0.3) is 5.91 Å². The van der Waals surface area contributed by atoms with Crippen molar-refractivity contribution in [1.82, 2.24) is 4.31 Å². The van der Waals surface area contributed by atoms with Crippen molar-refractivity contribution in [3.63, 3.8) is 0 Å². The predicted octanol–water partition coefficient (Wildman–Crippen LogP) is 2.98. The van der Waals surface area contributed by atoms with Crippen LogP contribution in [0.5, 0.6) is 0 Å². The molecule has 7 nitrogen and oxygen atoms in total. The first kappa shape index (κ1) is 20.4. The van der Waals surface area contributed by atoms with Crippen LogP contribution in [-0.4, -0.2) is 38.6 Å². The number of anilines is 2. The minimum Gasteiger partial charge on any atom is -0.326 e. The largest absolute Gasteiger partial charge is 0.326 e. The van der Waals surface area contributed by atoms with Gasteiger partial charge < -0.3 is 10.6 Å². The molecule has 148 valence electrons. The smallest absolute Gasteiger partial charge is 0.255 e. The fourth-order valence-electron chi connectivity index (χ4n) is 2.73. The third kappa shape index (κ3) is 3.94. The number of hydrogen-bond acceptors (Lipinski definition) is 4. The zero-order chi connectivity index (χ0) is 20.6. The lowest BCUT2D eigenvalue weighted by Gasteiger charge is -2.18. The van der Waals surface area contributed by atoms with E-state index in [0.717, 1.165) is 4.31 Å². The first-order chi connectivity index (χ1) is 13.1. The average molecular weight is 470 g/mol. The molecule has 1 aliphatic rings. The summed E-state index contributed by atoms with van der Waals surface area (Å²) >= 11 is 3.17. The molecule has 28 heavy (non-hydrogen) atoms. The van der Waals surface area contributed by atoms with Crippen LogP contribution in [0, 0.1) is 5.82 Å². The van der Waals surface area contributed by atoms with Gasteiger partial charge in [-0.1, -0.05) is 0 Å². The lowest BCUT2D eigenvalue weighted by atomic mass is 10.0. The van der Waals surface area contributed by atoms with Gasteiger partial charge in [0.2, 0.25) is 15.9 Å². The van der Waals surface area contributed by atoms with E-state index in [-0.39, 0.29) is 28.5 Å². The maximum absolute atomic E-state index is 14.4. The van der Waals surface area contributed by atoms with Gasteiger partial charge in [0, 0.05) is 36.2 Å². The fourth-order valence-corrected chi connectivity index (χ4v) is 4.57. The van der Waals surface area contributed by atoms with E-state index in [0.29, 0.717) is 22.1 Å². The highest BCUT2D eigenvalue weighted by molar-refractivity contribution is 9.10. The van der Waals surface area contributed by atoms with E-state index >= 15 is 0 Å². The van der Waals surface area contributed by atoms with Crippen LogP contribution >= 0.6 is 15.9 Å². The van der Waals surface area contributed by atoms with Gasteiger partial charge in [-0.2, -0.15) is 0 Å². The molecule has 3 rings (SSSR count). The summed E-state index contributed by atoms with van der Waals surface area (Å²) < 4.78 is 40.5. The number of carbonyl (C=O) groups excluding carboxylic acids is 2. The van der Waals surface area contributed by atoms with Crippen molar-refractivity contribution in [3.8, 4) is 0 Å². The second-order valence-corrected chi connectivity index (χ2v) is 9.40. The summed E-state index contributed by atoms with van der Waals surface area (Å²) in [7, 11) is -1.02. The second-order valence-electron chi connectivity index (χ2n) is 6.42. The van der Waals surface area contributed by atoms with Gasteiger partial charge in [0.15, 0.2) is 0 Å². The van der Waals surface area contributed by atoms with Crippen LogP contribution in [0.2, 0.25) is 0 Å². The molecule has 0 unspecified atom stereocenters. The van der Waals surface area contributed by atoms with Gasteiger partial charge in [-0.3, -0.25) is 9.59 Å². The van der Waals surface area contributed by atoms with Gasteiger partial charge in [-0.05, 0) is 58.2 Å². The van der Waals surface area contributed by atoms with Crippen molar-refractivity contribution in [2.45, 2.75) is 17.7 Å². The Morgan fingerprint density at radius 2 is 1.93 bits per heavy atom. The van der Waals surface area contributed by atoms with E-state index in [9.17, 15) is 22.4 Å². The fraction of sp³-hybridized carbons (Fsp3) is 0.222. The first-order valence-corrected chi connectivity index (χ1v) is 10.5. The number of sulfonamides is 1. The number of amides is 2. The third-order valence-electron chi connectivity index (χ3n) is 4.29. The summed E-state index contributed by atoms with van der Waals surface area (Å²) in [5.41, 5.74) is 1.04. The standard InChI is InChI=1S/C18H17BrFN3O4S/c1-23(2)28(26,27)16-8-11(3-5-12(16)19)18(25)22-15-9-14-10(7-13(15)20)4-6-17(24)21-14/h3,5,7-9H,4,6H2,1-2H3,(H,21,24)(H,22,25). The molecule has 0 spiro atoms. The minimum absolute atomic E-state index is 0.0461. The van der Waals surface area contributed by atoms with Crippen molar-refractivity contribution in [1.29, 1.82) is 0 Å². The molecule has 0 radical (unpaired) electrons. The first-order valence-electron chi connectivity index (χ1n) is 8.25. The van der Waals surface area contributed by atoms with Crippen molar-refractivity contribution in [3.05, 3.63) is 51.7 Å². The van der Waals surface area contributed by atoms with E-state index in [2.05, 4.69) is 26.6 Å². The Kier molecular flexibility index (Phi) is 5.55. The van der Waals surface area contributed by atoms with Crippen LogP contribution in [0.1, 0.15) is 22.3 Å². The molecule has 0 saturated heterocycles. The molecule has 0 aliphatic carbocycles. The maximum Gasteiger partial charge on any atom is 0.255 e. The number of nitrogens with one attached hydrogen (secondary N) is 2. The van der Waals surface area contributed by atoms with E-state index in [4.69, 9.17) is 0 Å². The molecule has 2 N–H and O–H groups in total. The lowest BCUT2D eigenvalue weighted by Crippen LogP contribution is -2.23. The lowest BCUT2D eigenvalue weighted by molar-refractivity contribution is -0.116. The Bertz CT molecular complexity index is 1090. The zero-order valence-electron chi connectivity index (χ0n) is 15.0. The summed E-state index contributed by atoms with van der Waals surface area (Å²) in [6.07, 6.45) is 0.699. The van der Waals surface area contributed by atoms with Crippen LogP contribution in [0.4, 0.5) is 15.8 Å². The summed E-state index contributed by atoms with van der Waals surface area (Å²) in [4.78, 5) is 24.0. The third-order valence-corrected chi connectivity index (χ3v) is 7.10. The summed E-state index contributed by atoms with van der Waals surface area (Å²) in [5, 5.41) is 5.07. The monoisotopic (exact) mass is 469 g/mol. The van der Waals surface area contributed by atoms with Crippen LogP contribution in [-0.2, 0) is 21.2 Å². The molecule has 0 saturated carbocycles. The molecule has 2 aromatic rings. The molecule has 0 fully saturated rings. The van der Waals surface area contributed by atoms with Gasteiger partial charge in [0.05, 0.1) is 10.6 Å². The Morgan fingerprint density at radius 3 is 2.61 bits per heavy atom. The topological polar surface area (TPSA) is 95.6 Å². The van der Waals surface area contributed by atoms with Gasteiger partial charge in [0.1, 0.15) is 5.82 Å². The van der Waals surface area contributed by atoms with Crippen LogP contribution in [0.15, 0.2) is 39.7 Å². The summed E-state index contributed by atoms with van der Waals surface area (Å²) in [6, 6.07) is 6.71. The highest BCUT2D eigenvalue weighted by atomic mass is 79.9. The number of halogens is 2. The van der Waals surface area contributed by atoms with Crippen LogP contribution in [0.3, 0.4) is 0 Å². The van der Waals surface area contributed by atoms with Crippen LogP contribution < -0.4 is 10.6 Å². The highest BCUT2D eigenvalue weighted by Crippen LogP contribution is 2.30. The van der Waals surface area contributed by atoms with E-state index in [1.165, 1.54) is 44.4 Å². The molecule has 10 heteroatoms. The Labute approximate surface area is 170 Å². The van der Waals surface area contributed by atoms with Crippen molar-refractivity contribution < 1.29 is 22.4 Å². The summed E-state index contributed by atoms with van der Waals surface area (Å²) in [5.74, 6) is -1.49. The normalized spacial score (nSPS) is 13.8. The summed E-state index contributed by atoms with van der Waals surface area (Å²) in [6.45, 7) is 0. The Balaban J connectivity index is 1.92. The SMILES string of the molecule is CN(C)S(=O)(=O)c1cc(C(=O)Nc2cc3c(cc2F)CCC(=O)N3)ccc1Br. The second kappa shape index (κ2) is 7.61. The van der Waals surface area contributed by atoms with E-state index in [1.807, 2.05) is 0 Å². The van der Waals surface area contributed by atoms with Gasteiger partial charge in [-0.25, -0.2) is 17.1 Å².